The van der Waals surface area contributed by atoms with Gasteiger partial charge < -0.3 is 5.73 Å². The van der Waals surface area contributed by atoms with Crippen LogP contribution in [0.1, 0.15) is 67.2 Å². The molecule has 1 aliphatic rings. The van der Waals surface area contributed by atoms with Crippen molar-refractivity contribution in [1.29, 1.82) is 0 Å². The fourth-order valence-corrected chi connectivity index (χ4v) is 3.79. The average molecular weight is 240 g/mol. The Bertz CT molecular complexity index is 227. The van der Waals surface area contributed by atoms with Crippen molar-refractivity contribution < 1.29 is 0 Å². The van der Waals surface area contributed by atoms with Crippen LogP contribution in [-0.4, -0.2) is 28.6 Å². The minimum absolute atomic E-state index is 0.239. The smallest absolute Gasteiger partial charge is 0.0173 e. The van der Waals surface area contributed by atoms with Crippen LogP contribution in [-0.2, 0) is 0 Å². The van der Waals surface area contributed by atoms with Crippen molar-refractivity contribution in [3.8, 4) is 0 Å². The number of piperidine rings is 1. The van der Waals surface area contributed by atoms with Gasteiger partial charge in [0.15, 0.2) is 0 Å². The Balaban J connectivity index is 2.78. The molecule has 0 aromatic heterocycles. The van der Waals surface area contributed by atoms with Crippen LogP contribution in [0, 0.1) is 5.92 Å². The predicted octanol–water partition coefficient (Wildman–Crippen LogP) is 3.40. The lowest BCUT2D eigenvalue weighted by molar-refractivity contribution is -0.0444. The zero-order valence-electron chi connectivity index (χ0n) is 12.7. The van der Waals surface area contributed by atoms with Gasteiger partial charge >= 0.3 is 0 Å². The topological polar surface area (TPSA) is 29.3 Å². The van der Waals surface area contributed by atoms with Crippen LogP contribution in [0.4, 0.5) is 0 Å². The molecule has 0 aromatic rings. The van der Waals surface area contributed by atoms with Gasteiger partial charge in [-0.1, -0.05) is 20.3 Å². The summed E-state index contributed by atoms with van der Waals surface area (Å²) in [6, 6.07) is 0.359. The van der Waals surface area contributed by atoms with E-state index in [2.05, 4.69) is 46.4 Å². The van der Waals surface area contributed by atoms with E-state index in [0.29, 0.717) is 6.04 Å². The molecule has 1 saturated heterocycles. The van der Waals surface area contributed by atoms with E-state index in [1.807, 2.05) is 0 Å². The van der Waals surface area contributed by atoms with Crippen LogP contribution in [0.25, 0.3) is 0 Å². The number of nitrogens with two attached hydrogens (primary N) is 1. The normalized spacial score (nSPS) is 27.0. The fraction of sp³-hybridized carbons (Fsp3) is 1.00. The van der Waals surface area contributed by atoms with Gasteiger partial charge in [0.1, 0.15) is 0 Å². The molecule has 0 aromatic carbocycles. The Labute approximate surface area is 108 Å². The van der Waals surface area contributed by atoms with Gasteiger partial charge in [0, 0.05) is 23.7 Å². The third-order valence-corrected chi connectivity index (χ3v) is 4.26. The van der Waals surface area contributed by atoms with E-state index < -0.39 is 0 Å². The first-order valence-corrected chi connectivity index (χ1v) is 7.22. The van der Waals surface area contributed by atoms with Gasteiger partial charge in [-0.3, -0.25) is 4.90 Å². The second-order valence-corrected chi connectivity index (χ2v) is 7.30. The number of nitrogens with zero attached hydrogens (tertiary/aromatic N) is 1. The standard InChI is InChI=1S/C15H32N2/c1-7-8-12(2)11-17-14(3,4)9-13(16)10-15(17,5)6/h12-13H,7-11,16H2,1-6H3. The van der Waals surface area contributed by atoms with E-state index in [4.69, 9.17) is 5.73 Å². The molecule has 0 saturated carbocycles. The summed E-state index contributed by atoms with van der Waals surface area (Å²) in [4.78, 5) is 2.70. The summed E-state index contributed by atoms with van der Waals surface area (Å²) in [7, 11) is 0. The second kappa shape index (κ2) is 5.27. The van der Waals surface area contributed by atoms with Crippen molar-refractivity contribution in [2.45, 2.75) is 84.3 Å². The molecule has 0 bridgehead atoms. The van der Waals surface area contributed by atoms with Crippen molar-refractivity contribution in [3.63, 3.8) is 0 Å². The Morgan fingerprint density at radius 1 is 1.18 bits per heavy atom. The summed E-state index contributed by atoms with van der Waals surface area (Å²) in [5.41, 5.74) is 6.69. The van der Waals surface area contributed by atoms with Crippen LogP contribution in [0.5, 0.6) is 0 Å². The van der Waals surface area contributed by atoms with E-state index in [9.17, 15) is 0 Å². The fourth-order valence-electron chi connectivity index (χ4n) is 3.79. The van der Waals surface area contributed by atoms with Gasteiger partial charge in [-0.25, -0.2) is 0 Å². The maximum atomic E-state index is 6.21. The Kier molecular flexibility index (Phi) is 4.65. The number of likely N-dealkylation sites (tertiary alicyclic amines) is 1. The largest absolute Gasteiger partial charge is 0.328 e. The molecular formula is C15H32N2. The molecule has 0 aliphatic carbocycles. The molecule has 17 heavy (non-hydrogen) atoms. The first-order valence-electron chi connectivity index (χ1n) is 7.22. The lowest BCUT2D eigenvalue weighted by atomic mass is 9.76. The molecule has 1 atom stereocenters. The minimum atomic E-state index is 0.239. The quantitative estimate of drug-likeness (QED) is 0.816. The van der Waals surface area contributed by atoms with Gasteiger partial charge in [0.2, 0.25) is 0 Å². The molecule has 1 fully saturated rings. The lowest BCUT2D eigenvalue weighted by Crippen LogP contribution is -2.64. The molecule has 102 valence electrons. The Hall–Kier alpha value is -0.0800. The number of hydrogen-bond acceptors (Lipinski definition) is 2. The number of hydrogen-bond donors (Lipinski definition) is 1. The highest BCUT2D eigenvalue weighted by molar-refractivity contribution is 5.01. The second-order valence-electron chi connectivity index (χ2n) is 7.30. The lowest BCUT2D eigenvalue weighted by Gasteiger charge is -2.55. The summed E-state index contributed by atoms with van der Waals surface area (Å²) in [6.45, 7) is 15.3. The third-order valence-electron chi connectivity index (χ3n) is 4.26. The molecule has 0 radical (unpaired) electrons. The highest BCUT2D eigenvalue weighted by atomic mass is 15.3. The molecule has 2 N–H and O–H groups in total. The highest BCUT2D eigenvalue weighted by Gasteiger charge is 2.44. The molecule has 1 unspecified atom stereocenters. The van der Waals surface area contributed by atoms with Crippen LogP contribution in [0.3, 0.4) is 0 Å². The molecule has 1 rings (SSSR count). The Morgan fingerprint density at radius 3 is 2.06 bits per heavy atom. The monoisotopic (exact) mass is 240 g/mol. The SMILES string of the molecule is CCCC(C)CN1C(C)(C)CC(N)CC1(C)C. The van der Waals surface area contributed by atoms with E-state index in [1.54, 1.807) is 0 Å². The first kappa shape index (κ1) is 15.0. The van der Waals surface area contributed by atoms with Gasteiger partial charge in [0.05, 0.1) is 0 Å². The van der Waals surface area contributed by atoms with Crippen molar-refractivity contribution in [2.24, 2.45) is 11.7 Å². The van der Waals surface area contributed by atoms with Crippen LogP contribution < -0.4 is 5.73 Å². The van der Waals surface area contributed by atoms with Gasteiger partial charge in [-0.05, 0) is 52.9 Å². The van der Waals surface area contributed by atoms with E-state index in [1.165, 1.54) is 19.4 Å². The molecule has 0 spiro atoms. The summed E-state index contributed by atoms with van der Waals surface area (Å²) in [6.07, 6.45) is 4.86. The molecule has 1 aliphatic heterocycles. The average Bonchev–Trinajstić information content (AvgIpc) is 2.10. The minimum Gasteiger partial charge on any atom is -0.328 e. The molecule has 0 amide bonds. The van der Waals surface area contributed by atoms with Crippen molar-refractivity contribution >= 4 is 0 Å². The van der Waals surface area contributed by atoms with Crippen molar-refractivity contribution in [1.82, 2.24) is 4.90 Å². The van der Waals surface area contributed by atoms with Crippen LogP contribution >= 0.6 is 0 Å². The van der Waals surface area contributed by atoms with E-state index in [-0.39, 0.29) is 11.1 Å². The van der Waals surface area contributed by atoms with Gasteiger partial charge in [0.25, 0.3) is 0 Å². The Morgan fingerprint density at radius 2 is 1.65 bits per heavy atom. The summed E-state index contributed by atoms with van der Waals surface area (Å²) < 4.78 is 0. The summed E-state index contributed by atoms with van der Waals surface area (Å²) in [5, 5.41) is 0. The summed E-state index contributed by atoms with van der Waals surface area (Å²) in [5.74, 6) is 0.785. The summed E-state index contributed by atoms with van der Waals surface area (Å²) >= 11 is 0. The predicted molar refractivity (Wildman–Crippen MR) is 76.1 cm³/mol. The maximum Gasteiger partial charge on any atom is 0.0173 e. The first-order chi connectivity index (χ1) is 7.69. The van der Waals surface area contributed by atoms with Gasteiger partial charge in [-0.2, -0.15) is 0 Å². The molecule has 2 heteroatoms. The van der Waals surface area contributed by atoms with Crippen molar-refractivity contribution in [2.75, 3.05) is 6.54 Å². The highest BCUT2D eigenvalue weighted by Crippen LogP contribution is 2.38. The third kappa shape index (κ3) is 3.69. The molecular weight excluding hydrogens is 208 g/mol. The number of rotatable bonds is 4. The zero-order chi connectivity index (χ0) is 13.3. The zero-order valence-corrected chi connectivity index (χ0v) is 12.7. The maximum absolute atomic E-state index is 6.21. The van der Waals surface area contributed by atoms with Crippen molar-refractivity contribution in [3.05, 3.63) is 0 Å². The van der Waals surface area contributed by atoms with Crippen LogP contribution in [0.2, 0.25) is 0 Å². The van der Waals surface area contributed by atoms with Crippen LogP contribution in [0.15, 0.2) is 0 Å². The molecule has 2 nitrogen and oxygen atoms in total. The molecule has 1 heterocycles. The van der Waals surface area contributed by atoms with E-state index >= 15 is 0 Å². The van der Waals surface area contributed by atoms with Gasteiger partial charge in [-0.15, -0.1) is 0 Å². The van der Waals surface area contributed by atoms with E-state index in [0.717, 1.165) is 18.8 Å².